The molecule has 496 valence electrons. The average molecular weight is 1230 g/mol. The van der Waals surface area contributed by atoms with Gasteiger partial charge in [-0.15, -0.1) is 0 Å². The number of ether oxygens (including phenoxy) is 1. The number of hydrogen-bond donors (Lipinski definition) is 1. The molecule has 3 atom stereocenters. The van der Waals surface area contributed by atoms with E-state index < -0.39 is 26.6 Å². The van der Waals surface area contributed by atoms with Gasteiger partial charge in [-0.3, -0.25) is 14.2 Å². The number of esters is 1. The van der Waals surface area contributed by atoms with E-state index in [-0.39, 0.29) is 31.3 Å². The van der Waals surface area contributed by atoms with Gasteiger partial charge in [-0.1, -0.05) is 283 Å². The number of rotatable bonds is 62. The van der Waals surface area contributed by atoms with Gasteiger partial charge in [0.15, 0.2) is 0 Å². The maximum absolute atomic E-state index is 13.6. The Morgan fingerprint density at radius 1 is 0.414 bits per heavy atom. The minimum absolute atomic E-state index is 0.0358. The Hall–Kier alpha value is -4.11. The molecule has 0 aromatic rings. The smallest absolute Gasteiger partial charge is 0.306 e. The van der Waals surface area contributed by atoms with E-state index in [0.717, 1.165) is 148 Å². The number of unbranched alkanes of at least 4 members (excludes halogenated alkanes) is 24. The van der Waals surface area contributed by atoms with Gasteiger partial charge in [0, 0.05) is 12.8 Å². The molecular formula is C77H131N2O7P. The third-order valence-corrected chi connectivity index (χ3v) is 15.7. The highest BCUT2D eigenvalue weighted by Gasteiger charge is 2.27. The van der Waals surface area contributed by atoms with Crippen LogP contribution < -0.4 is 10.2 Å². The van der Waals surface area contributed by atoms with Gasteiger partial charge in [0.1, 0.15) is 19.3 Å². The molecular weight excluding hydrogens is 1100 g/mol. The lowest BCUT2D eigenvalue weighted by molar-refractivity contribution is -0.870. The zero-order valence-corrected chi connectivity index (χ0v) is 57.6. The zero-order chi connectivity index (χ0) is 63.5. The van der Waals surface area contributed by atoms with Crippen molar-refractivity contribution in [1.29, 1.82) is 0 Å². The number of carbonyl (C=O) groups is 2. The van der Waals surface area contributed by atoms with Crippen LogP contribution in [0.3, 0.4) is 0 Å². The van der Waals surface area contributed by atoms with Crippen LogP contribution in [0.15, 0.2) is 146 Å². The molecule has 0 fully saturated rings. The van der Waals surface area contributed by atoms with E-state index in [1.54, 1.807) is 0 Å². The lowest BCUT2D eigenvalue weighted by atomic mass is 10.0. The fraction of sp³-hybridized carbons (Fsp3) is 0.662. The fourth-order valence-corrected chi connectivity index (χ4v) is 10.2. The monoisotopic (exact) mass is 1230 g/mol. The number of hydrogen-bond acceptors (Lipinski definition) is 7. The van der Waals surface area contributed by atoms with Crippen LogP contribution >= 0.6 is 7.82 Å². The zero-order valence-electron chi connectivity index (χ0n) is 56.7. The quantitative estimate of drug-likeness (QED) is 0.0212. The summed E-state index contributed by atoms with van der Waals surface area (Å²) in [4.78, 5) is 40.2. The third kappa shape index (κ3) is 66.1. The Balaban J connectivity index is 5.10. The normalized spacial score (nSPS) is 14.4. The van der Waals surface area contributed by atoms with Crippen LogP contribution in [-0.2, 0) is 27.9 Å². The molecule has 0 rings (SSSR count). The maximum Gasteiger partial charge on any atom is 0.306 e. The summed E-state index contributed by atoms with van der Waals surface area (Å²) in [7, 11) is 1.15. The highest BCUT2D eigenvalue weighted by molar-refractivity contribution is 7.45. The second-order valence-electron chi connectivity index (χ2n) is 24.3. The Morgan fingerprint density at radius 3 is 1.10 bits per heavy atom. The average Bonchev–Trinajstić information content (AvgIpc) is 3.70. The van der Waals surface area contributed by atoms with Crippen LogP contribution in [0.1, 0.15) is 278 Å². The topological polar surface area (TPSA) is 114 Å². The van der Waals surface area contributed by atoms with Crippen LogP contribution in [-0.4, -0.2) is 69.4 Å². The second kappa shape index (κ2) is 64.9. The summed E-state index contributed by atoms with van der Waals surface area (Å²) < 4.78 is 30.4. The molecule has 1 amide bonds. The second-order valence-corrected chi connectivity index (χ2v) is 25.7. The Labute approximate surface area is 536 Å². The molecule has 10 heteroatoms. The molecule has 1 N–H and O–H groups in total. The van der Waals surface area contributed by atoms with Crippen LogP contribution in [0.5, 0.6) is 0 Å². The summed E-state index contributed by atoms with van der Waals surface area (Å²) in [5.74, 6) is -0.581. The molecule has 0 aliphatic heterocycles. The molecule has 0 aliphatic carbocycles. The van der Waals surface area contributed by atoms with E-state index in [1.807, 2.05) is 33.3 Å². The first-order valence-corrected chi connectivity index (χ1v) is 36.6. The Kier molecular flexibility index (Phi) is 61.8. The van der Waals surface area contributed by atoms with E-state index in [4.69, 9.17) is 13.8 Å². The van der Waals surface area contributed by atoms with E-state index in [1.165, 1.54) is 89.9 Å². The first-order chi connectivity index (χ1) is 42.4. The number of amides is 1. The predicted molar refractivity (Wildman–Crippen MR) is 376 cm³/mol. The molecule has 0 radical (unpaired) electrons. The van der Waals surface area contributed by atoms with Gasteiger partial charge >= 0.3 is 5.97 Å². The lowest BCUT2D eigenvalue weighted by Crippen LogP contribution is -2.47. The van der Waals surface area contributed by atoms with Crippen molar-refractivity contribution >= 4 is 19.7 Å². The van der Waals surface area contributed by atoms with E-state index >= 15 is 0 Å². The number of phosphoric acid groups is 1. The number of nitrogens with one attached hydrogen (secondary N) is 1. The first-order valence-electron chi connectivity index (χ1n) is 35.1. The van der Waals surface area contributed by atoms with Crippen molar-refractivity contribution in [2.24, 2.45) is 0 Å². The number of quaternary nitrogens is 1. The van der Waals surface area contributed by atoms with Crippen molar-refractivity contribution in [3.8, 4) is 0 Å². The number of phosphoric ester groups is 1. The number of allylic oxidation sites excluding steroid dienone is 23. The molecule has 87 heavy (non-hydrogen) atoms. The minimum atomic E-state index is -4.72. The summed E-state index contributed by atoms with van der Waals surface area (Å²) in [5, 5.41) is 3.02. The van der Waals surface area contributed by atoms with Crippen molar-refractivity contribution < 1.29 is 37.3 Å². The van der Waals surface area contributed by atoms with Gasteiger partial charge in [0.25, 0.3) is 7.82 Å². The van der Waals surface area contributed by atoms with Crippen LogP contribution in [0.4, 0.5) is 0 Å². The van der Waals surface area contributed by atoms with Gasteiger partial charge in [0.2, 0.25) is 5.91 Å². The first kappa shape index (κ1) is 82.9. The standard InChI is InChI=1S/C77H131N2O7P/c1-7-10-13-16-19-22-25-27-29-31-33-35-37-38-39-40-42-44-46-48-50-52-55-58-61-64-67-70-77(81)86-75(68-65-62-59-56-53-24-21-18-15-12-9-3)74(73-85-87(82,83)84-72-71-79(4,5)6)78-76(80)69-66-63-60-57-54-51-49-47-45-43-41-36-34-32-30-28-26-23-20-17-14-11-8-2/h10-11,13-14,19-20,22-23,27-30,33-36,38-39,43,45,49,51,65,68,74-75H,7-9,12,15-18,21,24-26,31-32,37,40-42,44,46-48,50,52-64,66-67,69-73H2,1-6H3,(H-,78,80,82,83)/b13-10-,14-11-,22-19-,23-20-,29-27-,30-28-,35-33-,36-34-,39-38-,45-43-,51-49-,68-65+. The SMILES string of the molecule is CC/C=C\C/C=C\C/C=C\C/C=C\C/C=C\C/C=C\CCCCCCC(=O)NC(COP(=O)([O-])OCC[N+](C)(C)C)C(/C=C/CCCCCCCCCCC)OC(=O)CCCCCCCCCCCCC/C=C\C/C=C\C/C=C\C/C=C\C/C=C\CC. The highest BCUT2D eigenvalue weighted by Crippen LogP contribution is 2.38. The number of carbonyl (C=O) groups excluding carboxylic acids is 2. The van der Waals surface area contributed by atoms with Gasteiger partial charge in [0.05, 0.1) is 33.8 Å². The summed E-state index contributed by atoms with van der Waals surface area (Å²) in [5.41, 5.74) is 0. The summed E-state index contributed by atoms with van der Waals surface area (Å²) in [6, 6.07) is -0.915. The van der Waals surface area contributed by atoms with Crippen molar-refractivity contribution in [2.75, 3.05) is 40.9 Å². The summed E-state index contributed by atoms with van der Waals surface area (Å²) in [6.45, 7) is 6.58. The lowest BCUT2D eigenvalue weighted by Gasteiger charge is -2.30. The summed E-state index contributed by atoms with van der Waals surface area (Å²) >= 11 is 0. The van der Waals surface area contributed by atoms with Crippen LogP contribution in [0.25, 0.3) is 0 Å². The molecule has 0 spiro atoms. The Bertz CT molecular complexity index is 2000. The summed E-state index contributed by atoms with van der Waals surface area (Å²) in [6.07, 6.45) is 94.0. The molecule has 0 saturated carbocycles. The van der Waals surface area contributed by atoms with Gasteiger partial charge < -0.3 is 28.5 Å². The van der Waals surface area contributed by atoms with Crippen molar-refractivity contribution in [1.82, 2.24) is 5.32 Å². The van der Waals surface area contributed by atoms with Gasteiger partial charge in [-0.2, -0.15) is 0 Å². The molecule has 0 aromatic carbocycles. The molecule has 9 nitrogen and oxygen atoms in total. The van der Waals surface area contributed by atoms with Crippen molar-refractivity contribution in [3.05, 3.63) is 146 Å². The van der Waals surface area contributed by atoms with Crippen LogP contribution in [0.2, 0.25) is 0 Å². The molecule has 3 unspecified atom stereocenters. The molecule has 0 aliphatic rings. The largest absolute Gasteiger partial charge is 0.756 e. The fourth-order valence-electron chi connectivity index (χ4n) is 9.43. The molecule has 0 bridgehead atoms. The van der Waals surface area contributed by atoms with E-state index in [9.17, 15) is 19.0 Å². The highest BCUT2D eigenvalue weighted by atomic mass is 31.2. The molecule has 0 saturated heterocycles. The molecule has 0 heterocycles. The third-order valence-electron chi connectivity index (χ3n) is 14.8. The maximum atomic E-state index is 13.6. The van der Waals surface area contributed by atoms with Gasteiger partial charge in [-0.25, -0.2) is 0 Å². The number of likely N-dealkylation sites (N-methyl/N-ethyl adjacent to an activating group) is 1. The van der Waals surface area contributed by atoms with Crippen LogP contribution in [0, 0.1) is 0 Å². The number of nitrogens with zero attached hydrogens (tertiary/aromatic N) is 1. The van der Waals surface area contributed by atoms with Gasteiger partial charge in [-0.05, 0) is 128 Å². The van der Waals surface area contributed by atoms with Crippen molar-refractivity contribution in [2.45, 2.75) is 290 Å². The Morgan fingerprint density at radius 2 is 0.736 bits per heavy atom. The minimum Gasteiger partial charge on any atom is -0.756 e. The van der Waals surface area contributed by atoms with E-state index in [2.05, 4.69) is 160 Å². The molecule has 0 aromatic heterocycles. The van der Waals surface area contributed by atoms with Crippen molar-refractivity contribution in [3.63, 3.8) is 0 Å². The van der Waals surface area contributed by atoms with E-state index in [0.29, 0.717) is 17.4 Å². The predicted octanol–water partition coefficient (Wildman–Crippen LogP) is 21.9.